The summed E-state index contributed by atoms with van der Waals surface area (Å²) in [6, 6.07) is 16.0. The Labute approximate surface area is 161 Å². The summed E-state index contributed by atoms with van der Waals surface area (Å²) in [5.74, 6) is -0.280. The van der Waals surface area contributed by atoms with Gasteiger partial charge >= 0.3 is 0 Å². The molecule has 1 aliphatic heterocycles. The number of carbonyl (C=O) groups is 2. The van der Waals surface area contributed by atoms with E-state index in [-0.39, 0.29) is 17.7 Å². The molecule has 0 saturated carbocycles. The van der Waals surface area contributed by atoms with Crippen LogP contribution in [0.4, 0.5) is 5.69 Å². The Bertz CT molecular complexity index is 777. The van der Waals surface area contributed by atoms with Crippen LogP contribution in [0.3, 0.4) is 0 Å². The molecule has 5 heteroatoms. The number of rotatable bonds is 5. The Hall–Kier alpha value is -1.89. The SMILES string of the molecule is Cc1cc(I)ccc1NC(=O)C1CC(=O)N(CCc2ccccc2)C1. The van der Waals surface area contributed by atoms with Gasteiger partial charge in [0.2, 0.25) is 11.8 Å². The first kappa shape index (κ1) is 17.9. The van der Waals surface area contributed by atoms with Crippen molar-refractivity contribution in [3.8, 4) is 0 Å². The lowest BCUT2D eigenvalue weighted by atomic mass is 10.1. The van der Waals surface area contributed by atoms with Gasteiger partial charge in [0.15, 0.2) is 0 Å². The third-order valence-corrected chi connectivity index (χ3v) is 5.22. The first-order chi connectivity index (χ1) is 12.0. The molecule has 2 aromatic rings. The highest BCUT2D eigenvalue weighted by Gasteiger charge is 2.34. The van der Waals surface area contributed by atoms with Crippen LogP contribution in [-0.2, 0) is 16.0 Å². The van der Waals surface area contributed by atoms with Crippen LogP contribution in [0.5, 0.6) is 0 Å². The molecule has 0 bridgehead atoms. The van der Waals surface area contributed by atoms with E-state index in [1.165, 1.54) is 5.56 Å². The highest BCUT2D eigenvalue weighted by Crippen LogP contribution is 2.23. The van der Waals surface area contributed by atoms with Gasteiger partial charge in [-0.3, -0.25) is 9.59 Å². The molecule has 0 spiro atoms. The van der Waals surface area contributed by atoms with Gasteiger partial charge in [0.1, 0.15) is 0 Å². The van der Waals surface area contributed by atoms with Crippen molar-refractivity contribution < 1.29 is 9.59 Å². The van der Waals surface area contributed by atoms with Gasteiger partial charge in [-0.05, 0) is 65.3 Å². The van der Waals surface area contributed by atoms with Gasteiger partial charge in [-0.15, -0.1) is 0 Å². The van der Waals surface area contributed by atoms with Crippen molar-refractivity contribution in [2.45, 2.75) is 19.8 Å². The fourth-order valence-corrected chi connectivity index (χ4v) is 3.72. The van der Waals surface area contributed by atoms with Crippen molar-refractivity contribution >= 4 is 40.1 Å². The van der Waals surface area contributed by atoms with Crippen LogP contribution in [0.15, 0.2) is 48.5 Å². The van der Waals surface area contributed by atoms with Gasteiger partial charge in [0.25, 0.3) is 0 Å². The molecule has 1 heterocycles. The number of nitrogens with one attached hydrogen (secondary N) is 1. The summed E-state index contributed by atoms with van der Waals surface area (Å²) in [4.78, 5) is 26.5. The van der Waals surface area contributed by atoms with E-state index in [9.17, 15) is 9.59 Å². The molecule has 1 unspecified atom stereocenters. The first-order valence-electron chi connectivity index (χ1n) is 8.41. The molecule has 1 atom stereocenters. The highest BCUT2D eigenvalue weighted by atomic mass is 127. The fourth-order valence-electron chi connectivity index (χ4n) is 3.07. The number of anilines is 1. The number of likely N-dealkylation sites (tertiary alicyclic amines) is 1. The predicted octanol–water partition coefficient (Wildman–Crippen LogP) is 3.63. The Morgan fingerprint density at radius 1 is 1.24 bits per heavy atom. The molecule has 4 nitrogen and oxygen atoms in total. The second-order valence-electron chi connectivity index (χ2n) is 6.42. The number of hydrogen-bond donors (Lipinski definition) is 1. The van der Waals surface area contributed by atoms with Crippen molar-refractivity contribution in [3.05, 3.63) is 63.2 Å². The van der Waals surface area contributed by atoms with Gasteiger partial charge in [0, 0.05) is 28.8 Å². The Morgan fingerprint density at radius 2 is 2.00 bits per heavy atom. The van der Waals surface area contributed by atoms with Crippen molar-refractivity contribution in [3.63, 3.8) is 0 Å². The van der Waals surface area contributed by atoms with E-state index < -0.39 is 0 Å². The number of aryl methyl sites for hydroxylation is 1. The van der Waals surface area contributed by atoms with E-state index in [4.69, 9.17) is 0 Å². The van der Waals surface area contributed by atoms with Crippen molar-refractivity contribution in [2.75, 3.05) is 18.4 Å². The quantitative estimate of drug-likeness (QED) is 0.711. The average molecular weight is 448 g/mol. The summed E-state index contributed by atoms with van der Waals surface area (Å²) >= 11 is 2.25. The zero-order chi connectivity index (χ0) is 17.8. The number of nitrogens with zero attached hydrogens (tertiary/aromatic N) is 1. The normalized spacial score (nSPS) is 17.0. The standard InChI is InChI=1S/C20H21IN2O2/c1-14-11-17(21)7-8-18(14)22-20(25)16-12-19(24)23(13-16)10-9-15-5-3-2-4-6-15/h2-8,11,16H,9-10,12-13H2,1H3,(H,22,25). The Morgan fingerprint density at radius 3 is 2.72 bits per heavy atom. The Balaban J connectivity index is 1.57. The molecule has 0 aliphatic carbocycles. The molecule has 2 aromatic carbocycles. The number of halogens is 1. The van der Waals surface area contributed by atoms with Crippen molar-refractivity contribution in [1.29, 1.82) is 0 Å². The molecule has 0 aromatic heterocycles. The van der Waals surface area contributed by atoms with Gasteiger partial charge in [-0.1, -0.05) is 30.3 Å². The molecule has 1 saturated heterocycles. The summed E-state index contributed by atoms with van der Waals surface area (Å²) < 4.78 is 1.14. The topological polar surface area (TPSA) is 49.4 Å². The number of hydrogen-bond acceptors (Lipinski definition) is 2. The van der Waals surface area contributed by atoms with Crippen LogP contribution >= 0.6 is 22.6 Å². The number of amides is 2. The van der Waals surface area contributed by atoms with Crippen LogP contribution < -0.4 is 5.32 Å². The zero-order valence-corrected chi connectivity index (χ0v) is 16.3. The average Bonchev–Trinajstić information content (AvgIpc) is 2.97. The molecule has 1 aliphatic rings. The monoisotopic (exact) mass is 448 g/mol. The number of carbonyl (C=O) groups excluding carboxylic acids is 2. The zero-order valence-electron chi connectivity index (χ0n) is 14.2. The molecule has 0 radical (unpaired) electrons. The summed E-state index contributed by atoms with van der Waals surface area (Å²) in [6.07, 6.45) is 1.11. The maximum absolute atomic E-state index is 12.5. The minimum absolute atomic E-state index is 0.0652. The molecule has 1 N–H and O–H groups in total. The van der Waals surface area contributed by atoms with E-state index in [0.717, 1.165) is 21.2 Å². The van der Waals surface area contributed by atoms with E-state index >= 15 is 0 Å². The molecular weight excluding hydrogens is 427 g/mol. The summed E-state index contributed by atoms with van der Waals surface area (Å²) in [7, 11) is 0. The smallest absolute Gasteiger partial charge is 0.229 e. The molecule has 3 rings (SSSR count). The van der Waals surface area contributed by atoms with E-state index in [1.54, 1.807) is 4.90 Å². The van der Waals surface area contributed by atoms with Gasteiger partial charge in [0.05, 0.1) is 5.92 Å². The maximum Gasteiger partial charge on any atom is 0.229 e. The van der Waals surface area contributed by atoms with Crippen LogP contribution in [0.2, 0.25) is 0 Å². The minimum atomic E-state index is -0.276. The third kappa shape index (κ3) is 4.60. The van der Waals surface area contributed by atoms with Gasteiger partial charge in [-0.2, -0.15) is 0 Å². The second-order valence-corrected chi connectivity index (χ2v) is 7.67. The molecule has 2 amide bonds. The third-order valence-electron chi connectivity index (χ3n) is 4.54. The first-order valence-corrected chi connectivity index (χ1v) is 9.49. The lowest BCUT2D eigenvalue weighted by Crippen LogP contribution is -2.30. The largest absolute Gasteiger partial charge is 0.342 e. The van der Waals surface area contributed by atoms with E-state index in [0.29, 0.717) is 19.5 Å². The lowest BCUT2D eigenvalue weighted by molar-refractivity contribution is -0.128. The molecule has 130 valence electrons. The number of benzene rings is 2. The van der Waals surface area contributed by atoms with E-state index in [1.807, 2.05) is 43.3 Å². The molecule has 25 heavy (non-hydrogen) atoms. The van der Waals surface area contributed by atoms with Gasteiger partial charge < -0.3 is 10.2 Å². The van der Waals surface area contributed by atoms with Crippen LogP contribution in [0.25, 0.3) is 0 Å². The van der Waals surface area contributed by atoms with Gasteiger partial charge in [-0.25, -0.2) is 0 Å². The lowest BCUT2D eigenvalue weighted by Gasteiger charge is -2.17. The van der Waals surface area contributed by atoms with Crippen molar-refractivity contribution in [1.82, 2.24) is 4.90 Å². The highest BCUT2D eigenvalue weighted by molar-refractivity contribution is 14.1. The van der Waals surface area contributed by atoms with Crippen molar-refractivity contribution in [2.24, 2.45) is 5.92 Å². The Kier molecular flexibility index (Phi) is 5.73. The van der Waals surface area contributed by atoms with Crippen LogP contribution in [-0.4, -0.2) is 29.8 Å². The maximum atomic E-state index is 12.5. The molecular formula is C20H21IN2O2. The summed E-state index contributed by atoms with van der Waals surface area (Å²) in [6.45, 7) is 3.14. The molecule has 1 fully saturated rings. The summed E-state index contributed by atoms with van der Waals surface area (Å²) in [5, 5.41) is 2.97. The van der Waals surface area contributed by atoms with Crippen LogP contribution in [0.1, 0.15) is 17.5 Å². The van der Waals surface area contributed by atoms with E-state index in [2.05, 4.69) is 40.0 Å². The predicted molar refractivity (Wildman–Crippen MR) is 107 cm³/mol. The van der Waals surface area contributed by atoms with Crippen LogP contribution in [0, 0.1) is 16.4 Å². The second kappa shape index (κ2) is 7.99. The fraction of sp³-hybridized carbons (Fsp3) is 0.300. The minimum Gasteiger partial charge on any atom is -0.342 e. The summed E-state index contributed by atoms with van der Waals surface area (Å²) in [5.41, 5.74) is 3.06.